The van der Waals surface area contributed by atoms with E-state index in [1.165, 1.54) is 0 Å². The van der Waals surface area contributed by atoms with Crippen molar-refractivity contribution < 1.29 is 14.3 Å². The van der Waals surface area contributed by atoms with Gasteiger partial charge in [0.15, 0.2) is 6.61 Å². The third kappa shape index (κ3) is 4.01. The smallest absolute Gasteiger partial charge is 0.258 e. The zero-order valence-corrected chi connectivity index (χ0v) is 13.1. The molecular weight excluding hydrogens is 278 g/mol. The van der Waals surface area contributed by atoms with Gasteiger partial charge in [0.05, 0.1) is 13.2 Å². The molecule has 0 aliphatic rings. The fourth-order valence-corrected chi connectivity index (χ4v) is 2.25. The SMILES string of the molecule is COc1ccccc1C(C)NC(=O)COc1ccccc1C. The van der Waals surface area contributed by atoms with Crippen LogP contribution in [0.1, 0.15) is 24.1 Å². The van der Waals surface area contributed by atoms with Crippen LogP contribution < -0.4 is 14.8 Å². The number of rotatable bonds is 6. The van der Waals surface area contributed by atoms with Crippen molar-refractivity contribution in [1.82, 2.24) is 5.32 Å². The van der Waals surface area contributed by atoms with Gasteiger partial charge in [-0.1, -0.05) is 36.4 Å². The van der Waals surface area contributed by atoms with Gasteiger partial charge in [0, 0.05) is 5.56 Å². The Morgan fingerprint density at radius 2 is 1.73 bits per heavy atom. The maximum atomic E-state index is 12.0. The average Bonchev–Trinajstić information content (AvgIpc) is 2.54. The molecule has 0 spiro atoms. The molecule has 0 aliphatic heterocycles. The number of methoxy groups -OCH3 is 1. The second-order valence-corrected chi connectivity index (χ2v) is 5.09. The molecule has 4 heteroatoms. The summed E-state index contributed by atoms with van der Waals surface area (Å²) in [5, 5.41) is 2.92. The monoisotopic (exact) mass is 299 g/mol. The Balaban J connectivity index is 1.93. The van der Waals surface area contributed by atoms with Crippen LogP contribution in [-0.4, -0.2) is 19.6 Å². The number of hydrogen-bond acceptors (Lipinski definition) is 3. The number of carbonyl (C=O) groups excluding carboxylic acids is 1. The topological polar surface area (TPSA) is 47.6 Å². The molecule has 0 bridgehead atoms. The summed E-state index contributed by atoms with van der Waals surface area (Å²) >= 11 is 0. The van der Waals surface area contributed by atoms with E-state index in [2.05, 4.69) is 5.32 Å². The molecule has 2 rings (SSSR count). The normalized spacial score (nSPS) is 11.6. The molecule has 0 aliphatic carbocycles. The highest BCUT2D eigenvalue weighted by Crippen LogP contribution is 2.24. The Morgan fingerprint density at radius 1 is 1.09 bits per heavy atom. The predicted octanol–water partition coefficient (Wildman–Crippen LogP) is 3.26. The van der Waals surface area contributed by atoms with Gasteiger partial charge >= 0.3 is 0 Å². The first-order valence-corrected chi connectivity index (χ1v) is 7.22. The van der Waals surface area contributed by atoms with Gasteiger partial charge in [-0.25, -0.2) is 0 Å². The molecule has 1 N–H and O–H groups in total. The fourth-order valence-electron chi connectivity index (χ4n) is 2.25. The van der Waals surface area contributed by atoms with Gasteiger partial charge < -0.3 is 14.8 Å². The minimum atomic E-state index is -0.165. The van der Waals surface area contributed by atoms with Gasteiger partial charge in [-0.05, 0) is 31.5 Å². The van der Waals surface area contributed by atoms with Crippen molar-refractivity contribution >= 4 is 5.91 Å². The number of nitrogens with one attached hydrogen (secondary N) is 1. The maximum absolute atomic E-state index is 12.0. The van der Waals surface area contributed by atoms with Crippen molar-refractivity contribution in [3.63, 3.8) is 0 Å². The first kappa shape index (κ1) is 15.9. The lowest BCUT2D eigenvalue weighted by Gasteiger charge is -2.17. The second kappa shape index (κ2) is 7.50. The molecule has 0 saturated heterocycles. The highest BCUT2D eigenvalue weighted by Gasteiger charge is 2.14. The zero-order valence-electron chi connectivity index (χ0n) is 13.1. The van der Waals surface area contributed by atoms with Gasteiger partial charge in [-0.2, -0.15) is 0 Å². The van der Waals surface area contributed by atoms with Crippen LogP contribution >= 0.6 is 0 Å². The average molecular weight is 299 g/mol. The van der Waals surface area contributed by atoms with Crippen LogP contribution in [0.3, 0.4) is 0 Å². The van der Waals surface area contributed by atoms with E-state index in [0.29, 0.717) is 0 Å². The minimum Gasteiger partial charge on any atom is -0.496 e. The maximum Gasteiger partial charge on any atom is 0.258 e. The number of amides is 1. The molecule has 22 heavy (non-hydrogen) atoms. The van der Waals surface area contributed by atoms with Crippen LogP contribution in [0, 0.1) is 6.92 Å². The molecule has 0 heterocycles. The largest absolute Gasteiger partial charge is 0.496 e. The predicted molar refractivity (Wildman–Crippen MR) is 86.2 cm³/mol. The van der Waals surface area contributed by atoms with Crippen molar-refractivity contribution in [2.24, 2.45) is 0 Å². The van der Waals surface area contributed by atoms with Crippen molar-refractivity contribution in [2.45, 2.75) is 19.9 Å². The number of ether oxygens (including phenoxy) is 2. The molecule has 1 amide bonds. The number of para-hydroxylation sites is 2. The van der Waals surface area contributed by atoms with E-state index >= 15 is 0 Å². The molecule has 0 radical (unpaired) electrons. The first-order chi connectivity index (χ1) is 10.6. The van der Waals surface area contributed by atoms with Crippen molar-refractivity contribution in [3.05, 3.63) is 59.7 Å². The van der Waals surface area contributed by atoms with E-state index < -0.39 is 0 Å². The molecular formula is C18H21NO3. The molecule has 0 fully saturated rings. The van der Waals surface area contributed by atoms with Gasteiger partial charge in [0.25, 0.3) is 5.91 Å². The second-order valence-electron chi connectivity index (χ2n) is 5.09. The van der Waals surface area contributed by atoms with Crippen LogP contribution in [-0.2, 0) is 4.79 Å². The van der Waals surface area contributed by atoms with Crippen LogP contribution in [0.5, 0.6) is 11.5 Å². The summed E-state index contributed by atoms with van der Waals surface area (Å²) < 4.78 is 10.9. The number of carbonyl (C=O) groups is 1. The summed E-state index contributed by atoms with van der Waals surface area (Å²) in [5.41, 5.74) is 1.95. The summed E-state index contributed by atoms with van der Waals surface area (Å²) in [7, 11) is 1.62. The minimum absolute atomic E-state index is 0.00958. The molecule has 1 atom stereocenters. The van der Waals surface area contributed by atoms with Crippen LogP contribution in [0.15, 0.2) is 48.5 Å². The van der Waals surface area contributed by atoms with Crippen LogP contribution in [0.4, 0.5) is 0 Å². The molecule has 0 saturated carbocycles. The summed E-state index contributed by atoms with van der Waals surface area (Å²) in [6, 6.07) is 15.1. The lowest BCUT2D eigenvalue weighted by Crippen LogP contribution is -2.31. The van der Waals surface area contributed by atoms with Gasteiger partial charge in [-0.3, -0.25) is 4.79 Å². The van der Waals surface area contributed by atoms with E-state index in [1.54, 1.807) is 7.11 Å². The highest BCUT2D eigenvalue weighted by atomic mass is 16.5. The van der Waals surface area contributed by atoms with Crippen LogP contribution in [0.2, 0.25) is 0 Å². The summed E-state index contributed by atoms with van der Waals surface area (Å²) in [4.78, 5) is 12.0. The Hall–Kier alpha value is -2.49. The Kier molecular flexibility index (Phi) is 5.42. The summed E-state index contributed by atoms with van der Waals surface area (Å²) in [6.07, 6.45) is 0. The Labute approximate surface area is 131 Å². The molecule has 2 aromatic rings. The van der Waals surface area contributed by atoms with Crippen molar-refractivity contribution in [2.75, 3.05) is 13.7 Å². The first-order valence-electron chi connectivity index (χ1n) is 7.22. The van der Waals surface area contributed by atoms with Crippen molar-refractivity contribution in [1.29, 1.82) is 0 Å². The van der Waals surface area contributed by atoms with E-state index in [-0.39, 0.29) is 18.6 Å². The van der Waals surface area contributed by atoms with Gasteiger partial charge in [0.1, 0.15) is 11.5 Å². The zero-order chi connectivity index (χ0) is 15.9. The van der Waals surface area contributed by atoms with Gasteiger partial charge in [-0.15, -0.1) is 0 Å². The van der Waals surface area contributed by atoms with E-state index in [1.807, 2.05) is 62.4 Å². The number of benzene rings is 2. The van der Waals surface area contributed by atoms with Crippen LogP contribution in [0.25, 0.3) is 0 Å². The Morgan fingerprint density at radius 3 is 2.41 bits per heavy atom. The molecule has 2 aromatic carbocycles. The molecule has 4 nitrogen and oxygen atoms in total. The summed E-state index contributed by atoms with van der Waals surface area (Å²) in [6.45, 7) is 3.86. The highest BCUT2D eigenvalue weighted by molar-refractivity contribution is 5.78. The third-order valence-corrected chi connectivity index (χ3v) is 3.44. The molecule has 1 unspecified atom stereocenters. The molecule has 0 aromatic heterocycles. The lowest BCUT2D eigenvalue weighted by atomic mass is 10.1. The number of hydrogen-bond donors (Lipinski definition) is 1. The standard InChI is InChI=1S/C18H21NO3/c1-13-8-4-6-10-16(13)22-12-18(20)19-14(2)15-9-5-7-11-17(15)21-3/h4-11,14H,12H2,1-3H3,(H,19,20). The Bertz CT molecular complexity index is 640. The van der Waals surface area contributed by atoms with Crippen molar-refractivity contribution in [3.8, 4) is 11.5 Å². The van der Waals surface area contributed by atoms with E-state index in [4.69, 9.17) is 9.47 Å². The molecule has 116 valence electrons. The number of aryl methyl sites for hydroxylation is 1. The van der Waals surface area contributed by atoms with Gasteiger partial charge in [0.2, 0.25) is 0 Å². The van der Waals surface area contributed by atoms with E-state index in [0.717, 1.165) is 22.6 Å². The third-order valence-electron chi connectivity index (χ3n) is 3.44. The lowest BCUT2D eigenvalue weighted by molar-refractivity contribution is -0.123. The fraction of sp³-hybridized carbons (Fsp3) is 0.278. The van der Waals surface area contributed by atoms with E-state index in [9.17, 15) is 4.79 Å². The quantitative estimate of drug-likeness (QED) is 0.890. The summed E-state index contributed by atoms with van der Waals surface area (Å²) in [5.74, 6) is 1.32.